The molecule has 3 aromatic heterocycles. The summed E-state index contributed by atoms with van der Waals surface area (Å²) in [5, 5.41) is 7.52. The molecule has 3 heteroatoms. The van der Waals surface area contributed by atoms with E-state index in [2.05, 4.69) is 220 Å². The molecule has 1 atom stereocenters. The molecule has 0 spiro atoms. The molecule has 0 saturated heterocycles. The van der Waals surface area contributed by atoms with Crippen LogP contribution in [-0.2, 0) is 0 Å². The Hall–Kier alpha value is -7.36. The van der Waals surface area contributed by atoms with Crippen molar-refractivity contribution in [3.63, 3.8) is 0 Å². The molecule has 3 nitrogen and oxygen atoms in total. The van der Waals surface area contributed by atoms with E-state index in [9.17, 15) is 0 Å². The molecule has 8 aromatic carbocycles. The van der Waals surface area contributed by atoms with Crippen molar-refractivity contribution in [3.05, 3.63) is 217 Å². The van der Waals surface area contributed by atoms with Crippen molar-refractivity contribution in [1.82, 2.24) is 13.7 Å². The number of benzene rings is 8. The van der Waals surface area contributed by atoms with Gasteiger partial charge in [-0.1, -0.05) is 146 Å². The zero-order chi connectivity index (χ0) is 37.5. The molecular formula is C54H37N3. The van der Waals surface area contributed by atoms with E-state index in [1.807, 2.05) is 0 Å². The quantitative estimate of drug-likeness (QED) is 0.168. The minimum Gasteiger partial charge on any atom is -0.309 e. The van der Waals surface area contributed by atoms with Crippen molar-refractivity contribution in [2.45, 2.75) is 12.3 Å². The van der Waals surface area contributed by atoms with Crippen LogP contribution in [0.25, 0.3) is 88.1 Å². The first-order chi connectivity index (χ1) is 28.3. The minimum atomic E-state index is 0.252. The monoisotopic (exact) mass is 727 g/mol. The van der Waals surface area contributed by atoms with E-state index >= 15 is 0 Å². The molecular weight excluding hydrogens is 691 g/mol. The van der Waals surface area contributed by atoms with E-state index in [1.54, 1.807) is 0 Å². The van der Waals surface area contributed by atoms with Crippen LogP contribution in [0.3, 0.4) is 0 Å². The fourth-order valence-corrected chi connectivity index (χ4v) is 9.72. The van der Waals surface area contributed by atoms with Crippen LogP contribution in [-0.4, -0.2) is 13.7 Å². The highest BCUT2D eigenvalue weighted by Gasteiger charge is 2.24. The van der Waals surface area contributed by atoms with Crippen molar-refractivity contribution in [1.29, 1.82) is 0 Å². The van der Waals surface area contributed by atoms with E-state index in [4.69, 9.17) is 0 Å². The fourth-order valence-electron chi connectivity index (χ4n) is 9.72. The average Bonchev–Trinajstić information content (AvgIpc) is 3.92. The van der Waals surface area contributed by atoms with Crippen LogP contribution in [0.5, 0.6) is 0 Å². The molecule has 0 amide bonds. The van der Waals surface area contributed by atoms with E-state index in [0.29, 0.717) is 0 Å². The van der Waals surface area contributed by atoms with Gasteiger partial charge in [-0.15, -0.1) is 0 Å². The lowest BCUT2D eigenvalue weighted by atomic mass is 9.84. The van der Waals surface area contributed by atoms with Gasteiger partial charge in [0.15, 0.2) is 0 Å². The predicted molar refractivity (Wildman–Crippen MR) is 241 cm³/mol. The molecule has 0 fully saturated rings. The summed E-state index contributed by atoms with van der Waals surface area (Å²) >= 11 is 0. The molecule has 0 saturated carbocycles. The van der Waals surface area contributed by atoms with E-state index < -0.39 is 0 Å². The normalized spacial score (nSPS) is 14.6. The van der Waals surface area contributed by atoms with Crippen molar-refractivity contribution in [3.8, 4) is 11.4 Å². The molecule has 0 aliphatic heterocycles. The second-order valence-electron chi connectivity index (χ2n) is 15.3. The highest BCUT2D eigenvalue weighted by molar-refractivity contribution is 6.18. The third kappa shape index (κ3) is 4.85. The molecule has 3 heterocycles. The van der Waals surface area contributed by atoms with Gasteiger partial charge in [-0.3, -0.25) is 0 Å². The van der Waals surface area contributed by atoms with Crippen LogP contribution < -0.4 is 0 Å². The van der Waals surface area contributed by atoms with E-state index in [-0.39, 0.29) is 5.92 Å². The lowest BCUT2D eigenvalue weighted by Gasteiger charge is -2.24. The van der Waals surface area contributed by atoms with Gasteiger partial charge in [-0.05, 0) is 83.8 Å². The average molecular weight is 728 g/mol. The highest BCUT2D eigenvalue weighted by atomic mass is 15.0. The van der Waals surface area contributed by atoms with Gasteiger partial charge in [0.05, 0.1) is 38.8 Å². The lowest BCUT2D eigenvalue weighted by Crippen LogP contribution is -2.07. The second-order valence-corrected chi connectivity index (χ2v) is 15.3. The van der Waals surface area contributed by atoms with Crippen LogP contribution in [0.2, 0.25) is 0 Å². The van der Waals surface area contributed by atoms with Gasteiger partial charge >= 0.3 is 0 Å². The molecule has 0 bridgehead atoms. The van der Waals surface area contributed by atoms with Crippen LogP contribution >= 0.6 is 0 Å². The highest BCUT2D eigenvalue weighted by Crippen LogP contribution is 2.44. The molecule has 11 aromatic rings. The molecule has 57 heavy (non-hydrogen) atoms. The molecule has 1 aliphatic rings. The summed E-state index contributed by atoms with van der Waals surface area (Å²) < 4.78 is 7.41. The summed E-state index contributed by atoms with van der Waals surface area (Å²) in [4.78, 5) is 0. The maximum atomic E-state index is 2.50. The predicted octanol–water partition coefficient (Wildman–Crippen LogP) is 14.1. The van der Waals surface area contributed by atoms with Gasteiger partial charge in [-0.2, -0.15) is 0 Å². The standard InChI is InChI=1S/C54H37N3/c1-3-16-36(17-4-1)38-32-39(37-18-5-2-6-19-37)34-41(33-38)56-50-27-14-10-23-45(50)54-52(56)28-15-29-53(54)57-49-26-13-9-22-44(49)46-35-40(30-31-51(46)57)55-47-24-11-7-20-42(47)43-21-8-12-25-48(43)55/h1-31,33-35,38H,32H2. The molecule has 0 N–H and O–H groups in total. The Morgan fingerprint density at radius 1 is 0.386 bits per heavy atom. The zero-order valence-electron chi connectivity index (χ0n) is 31.3. The van der Waals surface area contributed by atoms with Gasteiger partial charge in [-0.25, -0.2) is 0 Å². The molecule has 0 radical (unpaired) electrons. The van der Waals surface area contributed by atoms with Gasteiger partial charge in [0.25, 0.3) is 0 Å². The van der Waals surface area contributed by atoms with Crippen LogP contribution in [0.15, 0.2) is 206 Å². The molecule has 12 rings (SSSR count). The summed E-state index contributed by atoms with van der Waals surface area (Å²) in [6.45, 7) is 0. The lowest BCUT2D eigenvalue weighted by molar-refractivity contribution is 0.863. The SMILES string of the molecule is C1=C(c2ccccc2)CC(c2ccccc2)C=C1n1c2ccccc2c2c(-n3c4ccccc4c4cc(-n5c6ccccc6c6ccccc65)ccc43)cccc21. The van der Waals surface area contributed by atoms with Crippen molar-refractivity contribution < 1.29 is 0 Å². The maximum Gasteiger partial charge on any atom is 0.0562 e. The first kappa shape index (κ1) is 31.9. The summed E-state index contributed by atoms with van der Waals surface area (Å²) in [5.74, 6) is 0.252. The van der Waals surface area contributed by atoms with Crippen LogP contribution in [0, 0.1) is 0 Å². The number of rotatable bonds is 5. The number of hydrogen-bond acceptors (Lipinski definition) is 0. The minimum absolute atomic E-state index is 0.252. The first-order valence-electron chi connectivity index (χ1n) is 19.9. The number of allylic oxidation sites excluding steroid dienone is 4. The number of nitrogens with zero attached hydrogens (tertiary/aromatic N) is 3. The number of fused-ring (bicyclic) bond motifs is 9. The number of hydrogen-bond donors (Lipinski definition) is 0. The van der Waals surface area contributed by atoms with Gasteiger partial charge in [0.2, 0.25) is 0 Å². The Morgan fingerprint density at radius 3 is 1.60 bits per heavy atom. The zero-order valence-corrected chi connectivity index (χ0v) is 31.3. The van der Waals surface area contributed by atoms with Gasteiger partial charge < -0.3 is 13.7 Å². The Kier molecular flexibility index (Phi) is 7.05. The van der Waals surface area contributed by atoms with E-state index in [0.717, 1.165) is 12.1 Å². The largest absolute Gasteiger partial charge is 0.309 e. The van der Waals surface area contributed by atoms with Crippen molar-refractivity contribution in [2.75, 3.05) is 0 Å². The Bertz CT molecular complexity index is 3370. The summed E-state index contributed by atoms with van der Waals surface area (Å²) in [5.41, 5.74) is 14.7. The molecule has 1 unspecified atom stereocenters. The second kappa shape index (κ2) is 12.6. The Balaban J connectivity index is 1.11. The van der Waals surface area contributed by atoms with Gasteiger partial charge in [0.1, 0.15) is 0 Å². The molecule has 268 valence electrons. The molecule has 1 aliphatic carbocycles. The topological polar surface area (TPSA) is 14.8 Å². The number of para-hydroxylation sites is 4. The first-order valence-corrected chi connectivity index (χ1v) is 19.9. The summed E-state index contributed by atoms with van der Waals surface area (Å²) in [7, 11) is 0. The van der Waals surface area contributed by atoms with Gasteiger partial charge in [0, 0.05) is 49.6 Å². The fraction of sp³-hybridized carbons (Fsp3) is 0.0370. The number of aromatic nitrogens is 3. The van der Waals surface area contributed by atoms with Crippen LogP contribution in [0.4, 0.5) is 0 Å². The van der Waals surface area contributed by atoms with Crippen molar-refractivity contribution in [2.24, 2.45) is 0 Å². The third-order valence-corrected chi connectivity index (χ3v) is 12.2. The smallest absolute Gasteiger partial charge is 0.0562 e. The van der Waals surface area contributed by atoms with Crippen molar-refractivity contribution >= 4 is 76.7 Å². The Morgan fingerprint density at radius 2 is 0.912 bits per heavy atom. The third-order valence-electron chi connectivity index (χ3n) is 12.2. The Labute approximate surface area is 330 Å². The summed E-state index contributed by atoms with van der Waals surface area (Å²) in [6.07, 6.45) is 5.86. The van der Waals surface area contributed by atoms with Crippen LogP contribution in [0.1, 0.15) is 23.5 Å². The summed E-state index contributed by atoms with van der Waals surface area (Å²) in [6, 6.07) is 71.1. The van der Waals surface area contributed by atoms with E-state index in [1.165, 1.54) is 93.5 Å². The maximum absolute atomic E-state index is 2.50.